The van der Waals surface area contributed by atoms with Gasteiger partial charge < -0.3 is 10.6 Å². The van der Waals surface area contributed by atoms with E-state index in [1.165, 1.54) is 58.2 Å². The van der Waals surface area contributed by atoms with Crippen LogP contribution in [-0.4, -0.2) is 31.1 Å². The molecular weight excluding hydrogens is 172 g/mol. The summed E-state index contributed by atoms with van der Waals surface area (Å²) in [6.07, 6.45) is 8.53. The summed E-state index contributed by atoms with van der Waals surface area (Å²) < 4.78 is 0. The monoisotopic (exact) mass is 196 g/mol. The van der Waals surface area contributed by atoms with Gasteiger partial charge in [-0.05, 0) is 44.1 Å². The Kier molecular flexibility index (Phi) is 3.82. The first-order valence-corrected chi connectivity index (χ1v) is 6.31. The molecule has 1 aliphatic carbocycles. The second-order valence-electron chi connectivity index (χ2n) is 5.17. The van der Waals surface area contributed by atoms with Crippen molar-refractivity contribution in [3.05, 3.63) is 0 Å². The quantitative estimate of drug-likeness (QED) is 0.727. The Morgan fingerprint density at radius 3 is 2.43 bits per heavy atom. The zero-order valence-corrected chi connectivity index (χ0v) is 9.25. The molecule has 1 saturated carbocycles. The first-order chi connectivity index (χ1) is 6.88. The molecule has 0 aromatic rings. The lowest BCUT2D eigenvalue weighted by Crippen LogP contribution is -2.48. The predicted molar refractivity (Wildman–Crippen MR) is 60.2 cm³/mol. The number of hydrogen-bond donors (Lipinski definition) is 1. The number of nitrogens with zero attached hydrogens (tertiary/aromatic N) is 1. The number of nitrogens with two attached hydrogens (primary N) is 1. The van der Waals surface area contributed by atoms with E-state index in [9.17, 15) is 0 Å². The summed E-state index contributed by atoms with van der Waals surface area (Å²) in [6, 6.07) is 0. The lowest BCUT2D eigenvalue weighted by molar-refractivity contribution is 0.0761. The largest absolute Gasteiger partial charge is 0.330 e. The summed E-state index contributed by atoms with van der Waals surface area (Å²) in [5.74, 6) is 2.01. The maximum Gasteiger partial charge on any atom is 0.00221 e. The van der Waals surface area contributed by atoms with E-state index in [1.807, 2.05) is 0 Å². The molecule has 0 spiro atoms. The lowest BCUT2D eigenvalue weighted by atomic mass is 9.93. The molecule has 14 heavy (non-hydrogen) atoms. The number of hydrogen-bond acceptors (Lipinski definition) is 2. The zero-order valence-electron chi connectivity index (χ0n) is 9.25. The van der Waals surface area contributed by atoms with Crippen LogP contribution in [0.4, 0.5) is 0 Å². The smallest absolute Gasteiger partial charge is 0.00221 e. The Labute approximate surface area is 87.8 Å². The highest BCUT2D eigenvalue weighted by Gasteiger charge is 2.28. The molecule has 2 N–H and O–H groups in total. The van der Waals surface area contributed by atoms with E-state index in [4.69, 9.17) is 5.73 Å². The van der Waals surface area contributed by atoms with Crippen molar-refractivity contribution in [2.45, 2.75) is 38.5 Å². The fourth-order valence-corrected chi connectivity index (χ4v) is 2.97. The lowest BCUT2D eigenvalue weighted by Gasteiger charge is -2.40. The molecule has 2 nitrogen and oxygen atoms in total. The second-order valence-corrected chi connectivity index (χ2v) is 5.17. The van der Waals surface area contributed by atoms with E-state index in [1.54, 1.807) is 0 Å². The van der Waals surface area contributed by atoms with E-state index in [0.29, 0.717) is 0 Å². The Morgan fingerprint density at radius 1 is 1.07 bits per heavy atom. The van der Waals surface area contributed by atoms with Crippen LogP contribution in [0.25, 0.3) is 0 Å². The maximum atomic E-state index is 5.51. The van der Waals surface area contributed by atoms with Crippen LogP contribution in [0.1, 0.15) is 38.5 Å². The van der Waals surface area contributed by atoms with E-state index in [2.05, 4.69) is 4.90 Å². The third-order valence-electron chi connectivity index (χ3n) is 3.84. The molecular formula is C12H24N2. The van der Waals surface area contributed by atoms with Crippen LogP contribution >= 0.6 is 0 Å². The van der Waals surface area contributed by atoms with Crippen molar-refractivity contribution in [1.82, 2.24) is 4.90 Å². The van der Waals surface area contributed by atoms with Gasteiger partial charge in [0.2, 0.25) is 0 Å². The van der Waals surface area contributed by atoms with Crippen LogP contribution < -0.4 is 5.73 Å². The van der Waals surface area contributed by atoms with Gasteiger partial charge in [-0.1, -0.05) is 12.8 Å². The minimum Gasteiger partial charge on any atom is -0.330 e. The summed E-state index contributed by atoms with van der Waals surface area (Å²) in [4.78, 5) is 2.65. The minimum absolute atomic E-state index is 0.874. The first-order valence-electron chi connectivity index (χ1n) is 6.31. The highest BCUT2D eigenvalue weighted by atomic mass is 15.2. The normalized spacial score (nSPS) is 25.5. The molecule has 0 atom stereocenters. The molecule has 2 rings (SSSR count). The van der Waals surface area contributed by atoms with Gasteiger partial charge in [-0.25, -0.2) is 0 Å². The van der Waals surface area contributed by atoms with Gasteiger partial charge >= 0.3 is 0 Å². The second kappa shape index (κ2) is 5.13. The number of likely N-dealkylation sites (tertiary alicyclic amines) is 1. The third-order valence-corrected chi connectivity index (χ3v) is 3.84. The molecule has 0 radical (unpaired) electrons. The molecule has 0 amide bonds. The summed E-state index contributed by atoms with van der Waals surface area (Å²) in [5, 5.41) is 0. The topological polar surface area (TPSA) is 29.3 Å². The van der Waals surface area contributed by atoms with Crippen molar-refractivity contribution >= 4 is 0 Å². The predicted octanol–water partition coefficient (Wildman–Crippen LogP) is 1.85. The van der Waals surface area contributed by atoms with E-state index in [-0.39, 0.29) is 0 Å². The molecule has 1 heterocycles. The SMILES string of the molecule is NCCCC1CN(CC2CCCC2)C1. The zero-order chi connectivity index (χ0) is 9.80. The average Bonchev–Trinajstić information content (AvgIpc) is 2.61. The molecule has 1 saturated heterocycles. The Morgan fingerprint density at radius 2 is 1.79 bits per heavy atom. The van der Waals surface area contributed by atoms with Crippen LogP contribution in [0.5, 0.6) is 0 Å². The Bertz CT molecular complexity index is 158. The molecule has 0 aromatic heterocycles. The highest BCUT2D eigenvalue weighted by Crippen LogP contribution is 2.29. The van der Waals surface area contributed by atoms with Gasteiger partial charge in [-0.2, -0.15) is 0 Å². The molecule has 0 bridgehead atoms. The van der Waals surface area contributed by atoms with E-state index < -0.39 is 0 Å². The summed E-state index contributed by atoms with van der Waals surface area (Å²) in [5.41, 5.74) is 5.51. The van der Waals surface area contributed by atoms with Gasteiger partial charge in [0, 0.05) is 19.6 Å². The van der Waals surface area contributed by atoms with Gasteiger partial charge in [0.1, 0.15) is 0 Å². The molecule has 2 heteroatoms. The number of rotatable bonds is 5. The van der Waals surface area contributed by atoms with Crippen LogP contribution in [0.2, 0.25) is 0 Å². The highest BCUT2D eigenvalue weighted by molar-refractivity contribution is 4.82. The van der Waals surface area contributed by atoms with Crippen molar-refractivity contribution in [3.63, 3.8) is 0 Å². The molecule has 2 fully saturated rings. The molecule has 0 unspecified atom stereocenters. The average molecular weight is 196 g/mol. The van der Waals surface area contributed by atoms with Gasteiger partial charge in [0.05, 0.1) is 0 Å². The van der Waals surface area contributed by atoms with Gasteiger partial charge in [-0.15, -0.1) is 0 Å². The standard InChI is InChI=1S/C12H24N2/c13-7-3-6-12-9-14(10-12)8-11-4-1-2-5-11/h11-12H,1-10,13H2. The minimum atomic E-state index is 0.874. The Hall–Kier alpha value is -0.0800. The fraction of sp³-hybridized carbons (Fsp3) is 1.00. The van der Waals surface area contributed by atoms with Crippen molar-refractivity contribution < 1.29 is 0 Å². The van der Waals surface area contributed by atoms with Crippen LogP contribution in [0.15, 0.2) is 0 Å². The van der Waals surface area contributed by atoms with Crippen molar-refractivity contribution in [2.24, 2.45) is 17.6 Å². The van der Waals surface area contributed by atoms with Crippen molar-refractivity contribution in [1.29, 1.82) is 0 Å². The van der Waals surface area contributed by atoms with Crippen molar-refractivity contribution in [2.75, 3.05) is 26.2 Å². The van der Waals surface area contributed by atoms with E-state index >= 15 is 0 Å². The summed E-state index contributed by atoms with van der Waals surface area (Å²) >= 11 is 0. The molecule has 1 aliphatic heterocycles. The molecule has 2 aliphatic rings. The fourth-order valence-electron chi connectivity index (χ4n) is 2.97. The summed E-state index contributed by atoms with van der Waals surface area (Å²) in [6.45, 7) is 4.98. The third kappa shape index (κ3) is 2.71. The first kappa shape index (κ1) is 10.4. The van der Waals surface area contributed by atoms with E-state index in [0.717, 1.165) is 18.4 Å². The Balaban J connectivity index is 1.54. The molecule has 82 valence electrons. The van der Waals surface area contributed by atoms with Crippen LogP contribution in [0, 0.1) is 11.8 Å². The van der Waals surface area contributed by atoms with Crippen molar-refractivity contribution in [3.8, 4) is 0 Å². The maximum absolute atomic E-state index is 5.51. The van der Waals surface area contributed by atoms with Gasteiger partial charge in [-0.3, -0.25) is 0 Å². The van der Waals surface area contributed by atoms with Gasteiger partial charge in [0.15, 0.2) is 0 Å². The van der Waals surface area contributed by atoms with Gasteiger partial charge in [0.25, 0.3) is 0 Å². The summed E-state index contributed by atoms with van der Waals surface area (Å²) in [7, 11) is 0. The van der Waals surface area contributed by atoms with Crippen LogP contribution in [0.3, 0.4) is 0 Å². The van der Waals surface area contributed by atoms with Crippen LogP contribution in [-0.2, 0) is 0 Å². The molecule has 0 aromatic carbocycles.